The summed E-state index contributed by atoms with van der Waals surface area (Å²) in [5, 5.41) is 8.65. The minimum Gasteiger partial charge on any atom is -0.478 e. The second-order valence-corrected chi connectivity index (χ2v) is 2.45. The molecule has 3 nitrogen and oxygen atoms in total. The lowest BCUT2D eigenvalue weighted by molar-refractivity contribution is 0.0695. The molecule has 11 heavy (non-hydrogen) atoms. The van der Waals surface area contributed by atoms with Gasteiger partial charge < -0.3 is 5.11 Å². The molecule has 1 aromatic rings. The maximum atomic E-state index is 10.5. The molecule has 0 aliphatic heterocycles. The van der Waals surface area contributed by atoms with Crippen LogP contribution in [0.25, 0.3) is 0 Å². The SMILES string of the molecule is Cc1cnc(C)c(C(=O)O)c1. The number of aromatic nitrogens is 1. The molecule has 0 unspecified atom stereocenters. The van der Waals surface area contributed by atoms with Crippen molar-refractivity contribution in [3.8, 4) is 0 Å². The summed E-state index contributed by atoms with van der Waals surface area (Å²) in [7, 11) is 0. The number of carboxylic acids is 1. The van der Waals surface area contributed by atoms with E-state index in [1.54, 1.807) is 19.2 Å². The summed E-state index contributed by atoms with van der Waals surface area (Å²) >= 11 is 0. The van der Waals surface area contributed by atoms with E-state index in [0.717, 1.165) is 5.56 Å². The highest BCUT2D eigenvalue weighted by Gasteiger charge is 2.06. The summed E-state index contributed by atoms with van der Waals surface area (Å²) < 4.78 is 0. The quantitative estimate of drug-likeness (QED) is 0.659. The number of nitrogens with zero attached hydrogens (tertiary/aromatic N) is 1. The molecule has 3 heteroatoms. The van der Waals surface area contributed by atoms with Crippen molar-refractivity contribution in [2.75, 3.05) is 0 Å². The Kier molecular flexibility index (Phi) is 1.89. The van der Waals surface area contributed by atoms with E-state index in [9.17, 15) is 4.79 Å². The lowest BCUT2D eigenvalue weighted by Crippen LogP contribution is -2.01. The molecule has 1 heterocycles. The van der Waals surface area contributed by atoms with E-state index in [-0.39, 0.29) is 5.56 Å². The fourth-order valence-corrected chi connectivity index (χ4v) is 0.854. The molecule has 1 N–H and O–H groups in total. The van der Waals surface area contributed by atoms with Gasteiger partial charge in [-0.3, -0.25) is 4.98 Å². The molecule has 0 aromatic carbocycles. The Bertz CT molecular complexity index is 294. The van der Waals surface area contributed by atoms with Crippen molar-refractivity contribution in [2.45, 2.75) is 13.8 Å². The van der Waals surface area contributed by atoms with E-state index in [1.807, 2.05) is 6.92 Å². The number of rotatable bonds is 1. The first-order valence-electron chi connectivity index (χ1n) is 3.28. The maximum absolute atomic E-state index is 10.5. The molecule has 1 rings (SSSR count). The number of hydrogen-bond acceptors (Lipinski definition) is 2. The third-order valence-corrected chi connectivity index (χ3v) is 1.45. The predicted octanol–water partition coefficient (Wildman–Crippen LogP) is 1.40. The number of pyridine rings is 1. The number of carbonyl (C=O) groups is 1. The second-order valence-electron chi connectivity index (χ2n) is 2.45. The van der Waals surface area contributed by atoms with Gasteiger partial charge in [-0.15, -0.1) is 0 Å². The largest absolute Gasteiger partial charge is 0.478 e. The fraction of sp³-hybridized carbons (Fsp3) is 0.250. The molecule has 0 aliphatic carbocycles. The molecule has 0 aliphatic rings. The first kappa shape index (κ1) is 7.72. The van der Waals surface area contributed by atoms with Crippen LogP contribution < -0.4 is 0 Å². The van der Waals surface area contributed by atoms with Crippen molar-refractivity contribution in [3.05, 3.63) is 29.1 Å². The molecular weight excluding hydrogens is 142 g/mol. The highest BCUT2D eigenvalue weighted by atomic mass is 16.4. The summed E-state index contributed by atoms with van der Waals surface area (Å²) in [6.45, 7) is 3.50. The van der Waals surface area contributed by atoms with Crippen LogP contribution in [0.1, 0.15) is 21.6 Å². The van der Waals surface area contributed by atoms with Gasteiger partial charge in [0.2, 0.25) is 0 Å². The standard InChI is InChI=1S/C8H9NO2/c1-5-3-7(8(10)11)6(2)9-4-5/h3-4H,1-2H3,(H,10,11). The third-order valence-electron chi connectivity index (χ3n) is 1.45. The Morgan fingerprint density at radius 1 is 1.55 bits per heavy atom. The van der Waals surface area contributed by atoms with Gasteiger partial charge in [0.05, 0.1) is 11.3 Å². The van der Waals surface area contributed by atoms with Crippen molar-refractivity contribution < 1.29 is 9.90 Å². The second kappa shape index (κ2) is 2.70. The number of aromatic carboxylic acids is 1. The molecule has 58 valence electrons. The highest BCUT2D eigenvalue weighted by Crippen LogP contribution is 2.06. The van der Waals surface area contributed by atoms with Crippen LogP contribution in [-0.2, 0) is 0 Å². The molecule has 0 fully saturated rings. The number of hydrogen-bond donors (Lipinski definition) is 1. The molecular formula is C8H9NO2. The molecule has 0 saturated heterocycles. The summed E-state index contributed by atoms with van der Waals surface area (Å²) in [4.78, 5) is 14.5. The first-order chi connectivity index (χ1) is 5.11. The lowest BCUT2D eigenvalue weighted by atomic mass is 10.1. The van der Waals surface area contributed by atoms with E-state index in [1.165, 1.54) is 0 Å². The normalized spacial score (nSPS) is 9.64. The third kappa shape index (κ3) is 1.55. The van der Waals surface area contributed by atoms with Gasteiger partial charge in [-0.1, -0.05) is 0 Å². The van der Waals surface area contributed by atoms with Gasteiger partial charge in [0.15, 0.2) is 0 Å². The molecule has 0 saturated carbocycles. The van der Waals surface area contributed by atoms with Crippen LogP contribution in [0.15, 0.2) is 12.3 Å². The molecule has 0 amide bonds. The van der Waals surface area contributed by atoms with Crippen molar-refractivity contribution in [1.29, 1.82) is 0 Å². The van der Waals surface area contributed by atoms with Gasteiger partial charge in [0.25, 0.3) is 0 Å². The monoisotopic (exact) mass is 151 g/mol. The lowest BCUT2D eigenvalue weighted by Gasteiger charge is -1.99. The van der Waals surface area contributed by atoms with Gasteiger partial charge in [-0.05, 0) is 25.5 Å². The average Bonchev–Trinajstić information content (AvgIpc) is 1.94. The van der Waals surface area contributed by atoms with Gasteiger partial charge in [-0.2, -0.15) is 0 Å². The van der Waals surface area contributed by atoms with E-state index in [0.29, 0.717) is 5.69 Å². The van der Waals surface area contributed by atoms with Gasteiger partial charge >= 0.3 is 5.97 Å². The summed E-state index contributed by atoms with van der Waals surface area (Å²) in [6, 6.07) is 1.62. The summed E-state index contributed by atoms with van der Waals surface area (Å²) in [5.74, 6) is -0.918. The van der Waals surface area contributed by atoms with E-state index in [4.69, 9.17) is 5.11 Å². The average molecular weight is 151 g/mol. The van der Waals surface area contributed by atoms with Gasteiger partial charge in [-0.25, -0.2) is 4.79 Å². The topological polar surface area (TPSA) is 50.2 Å². The van der Waals surface area contributed by atoms with Gasteiger partial charge in [0, 0.05) is 6.20 Å². The fourth-order valence-electron chi connectivity index (χ4n) is 0.854. The van der Waals surface area contributed by atoms with Crippen LogP contribution in [0.2, 0.25) is 0 Å². The Morgan fingerprint density at radius 2 is 2.18 bits per heavy atom. The Hall–Kier alpha value is -1.38. The first-order valence-corrected chi connectivity index (χ1v) is 3.28. The minimum absolute atomic E-state index is 0.282. The zero-order valence-electron chi connectivity index (χ0n) is 6.46. The van der Waals surface area contributed by atoms with Crippen LogP contribution >= 0.6 is 0 Å². The van der Waals surface area contributed by atoms with Crippen LogP contribution in [-0.4, -0.2) is 16.1 Å². The van der Waals surface area contributed by atoms with Crippen molar-refractivity contribution in [1.82, 2.24) is 4.98 Å². The zero-order valence-corrected chi connectivity index (χ0v) is 6.46. The Balaban J connectivity index is 3.23. The summed E-state index contributed by atoms with van der Waals surface area (Å²) in [5.41, 5.74) is 1.71. The predicted molar refractivity (Wildman–Crippen MR) is 40.7 cm³/mol. The van der Waals surface area contributed by atoms with Crippen LogP contribution in [0.4, 0.5) is 0 Å². The number of aryl methyl sites for hydroxylation is 2. The van der Waals surface area contributed by atoms with Crippen molar-refractivity contribution in [2.24, 2.45) is 0 Å². The molecule has 0 radical (unpaired) electrons. The zero-order chi connectivity index (χ0) is 8.43. The molecule has 1 aromatic heterocycles. The Morgan fingerprint density at radius 3 is 2.64 bits per heavy atom. The summed E-state index contributed by atoms with van der Waals surface area (Å²) in [6.07, 6.45) is 1.65. The molecule has 0 bridgehead atoms. The van der Waals surface area contributed by atoms with E-state index >= 15 is 0 Å². The highest BCUT2D eigenvalue weighted by molar-refractivity contribution is 5.88. The maximum Gasteiger partial charge on any atom is 0.337 e. The van der Waals surface area contributed by atoms with Crippen LogP contribution in [0, 0.1) is 13.8 Å². The molecule has 0 atom stereocenters. The van der Waals surface area contributed by atoms with Gasteiger partial charge in [0.1, 0.15) is 0 Å². The van der Waals surface area contributed by atoms with Crippen molar-refractivity contribution >= 4 is 5.97 Å². The van der Waals surface area contributed by atoms with Crippen LogP contribution in [0.3, 0.4) is 0 Å². The van der Waals surface area contributed by atoms with Crippen molar-refractivity contribution in [3.63, 3.8) is 0 Å². The van der Waals surface area contributed by atoms with E-state index in [2.05, 4.69) is 4.98 Å². The smallest absolute Gasteiger partial charge is 0.337 e. The Labute approximate surface area is 64.7 Å². The van der Waals surface area contributed by atoms with Crippen LogP contribution in [0.5, 0.6) is 0 Å². The van der Waals surface area contributed by atoms with E-state index < -0.39 is 5.97 Å². The molecule has 0 spiro atoms. The minimum atomic E-state index is -0.918. The number of carboxylic acid groups (broad SMARTS) is 1.